The van der Waals surface area contributed by atoms with E-state index in [4.69, 9.17) is 16.3 Å². The van der Waals surface area contributed by atoms with E-state index >= 15 is 0 Å². The lowest BCUT2D eigenvalue weighted by atomic mass is 10.2. The summed E-state index contributed by atoms with van der Waals surface area (Å²) in [6.45, 7) is 8.28. The van der Waals surface area contributed by atoms with Crippen molar-refractivity contribution >= 4 is 29.5 Å². The van der Waals surface area contributed by atoms with Crippen LogP contribution in [0.3, 0.4) is 0 Å². The zero-order valence-electron chi connectivity index (χ0n) is 13.4. The first-order valence-corrected chi connectivity index (χ1v) is 8.74. The Morgan fingerprint density at radius 1 is 1.50 bits per heavy atom. The summed E-state index contributed by atoms with van der Waals surface area (Å²) in [5.74, 6) is 0.749. The molecular formula is C15H22ClN3O2S. The number of aromatic nitrogens is 2. The average molecular weight is 344 g/mol. The minimum absolute atomic E-state index is 0.155. The predicted octanol–water partition coefficient (Wildman–Crippen LogP) is 3.93. The standard InChI is InChI=1S/C15H22ClN3O2S/c1-10-8-12(16)18-13(17-10)22-9-11-6-5-7-19(11)14(20)21-15(2,3)4/h8,11H,5-7,9H2,1-4H3/t11-/m0/s1. The Kier molecular flexibility index (Phi) is 5.55. The van der Waals surface area contributed by atoms with E-state index in [-0.39, 0.29) is 12.1 Å². The van der Waals surface area contributed by atoms with Crippen LogP contribution >= 0.6 is 23.4 Å². The fourth-order valence-corrected chi connectivity index (χ4v) is 3.66. The molecule has 0 radical (unpaired) electrons. The van der Waals surface area contributed by atoms with Crippen molar-refractivity contribution in [3.63, 3.8) is 0 Å². The van der Waals surface area contributed by atoms with Crippen molar-refractivity contribution in [2.24, 2.45) is 0 Å². The molecule has 1 aliphatic heterocycles. The highest BCUT2D eigenvalue weighted by atomic mass is 35.5. The van der Waals surface area contributed by atoms with Gasteiger partial charge in [-0.3, -0.25) is 0 Å². The van der Waals surface area contributed by atoms with Crippen molar-refractivity contribution in [3.8, 4) is 0 Å². The van der Waals surface area contributed by atoms with Gasteiger partial charge in [0.2, 0.25) is 0 Å². The molecule has 0 aliphatic carbocycles. The molecule has 1 aromatic heterocycles. The lowest BCUT2D eigenvalue weighted by Crippen LogP contribution is -2.40. The van der Waals surface area contributed by atoms with E-state index in [1.807, 2.05) is 32.6 Å². The van der Waals surface area contributed by atoms with Crippen molar-refractivity contribution < 1.29 is 9.53 Å². The smallest absolute Gasteiger partial charge is 0.410 e. The van der Waals surface area contributed by atoms with Crippen LogP contribution in [0.5, 0.6) is 0 Å². The molecule has 0 N–H and O–H groups in total. The van der Waals surface area contributed by atoms with Crippen LogP contribution in [0.1, 0.15) is 39.3 Å². The molecule has 122 valence electrons. The number of rotatable bonds is 3. The zero-order chi connectivity index (χ0) is 16.3. The fraction of sp³-hybridized carbons (Fsp3) is 0.667. The number of likely N-dealkylation sites (tertiary alicyclic amines) is 1. The number of amides is 1. The zero-order valence-corrected chi connectivity index (χ0v) is 15.0. The van der Waals surface area contributed by atoms with Crippen LogP contribution in [0, 0.1) is 6.92 Å². The van der Waals surface area contributed by atoms with Crippen LogP contribution in [0.15, 0.2) is 11.2 Å². The lowest BCUT2D eigenvalue weighted by molar-refractivity contribution is 0.0242. The molecule has 5 nitrogen and oxygen atoms in total. The first-order valence-electron chi connectivity index (χ1n) is 7.38. The summed E-state index contributed by atoms with van der Waals surface area (Å²) >= 11 is 7.48. The highest BCUT2D eigenvalue weighted by Crippen LogP contribution is 2.26. The van der Waals surface area contributed by atoms with Gasteiger partial charge in [0.05, 0.1) is 0 Å². The molecule has 0 saturated carbocycles. The monoisotopic (exact) mass is 343 g/mol. The van der Waals surface area contributed by atoms with Crippen molar-refractivity contribution in [1.29, 1.82) is 0 Å². The van der Waals surface area contributed by atoms with Crippen LogP contribution in [-0.2, 0) is 4.74 Å². The molecule has 1 saturated heterocycles. The Bertz CT molecular complexity index is 528. The molecule has 7 heteroatoms. The average Bonchev–Trinajstić information content (AvgIpc) is 2.81. The van der Waals surface area contributed by atoms with Crippen LogP contribution < -0.4 is 0 Å². The number of hydrogen-bond donors (Lipinski definition) is 0. The van der Waals surface area contributed by atoms with Crippen LogP contribution in [0.4, 0.5) is 4.79 Å². The molecule has 0 bridgehead atoms. The van der Waals surface area contributed by atoms with Gasteiger partial charge in [0, 0.05) is 24.0 Å². The van der Waals surface area contributed by atoms with E-state index in [1.165, 1.54) is 11.8 Å². The van der Waals surface area contributed by atoms with Crippen LogP contribution in [0.25, 0.3) is 0 Å². The third-order valence-corrected chi connectivity index (χ3v) is 4.40. The Balaban J connectivity index is 1.95. The third kappa shape index (κ3) is 5.02. The highest BCUT2D eigenvalue weighted by molar-refractivity contribution is 7.99. The molecule has 0 spiro atoms. The second kappa shape index (κ2) is 7.04. The van der Waals surface area contributed by atoms with Gasteiger partial charge in [-0.15, -0.1) is 0 Å². The summed E-state index contributed by atoms with van der Waals surface area (Å²) in [5.41, 5.74) is 0.378. The molecule has 1 fully saturated rings. The molecular weight excluding hydrogens is 322 g/mol. The first-order chi connectivity index (χ1) is 10.2. The van der Waals surface area contributed by atoms with E-state index in [0.29, 0.717) is 10.3 Å². The summed E-state index contributed by atoms with van der Waals surface area (Å²) in [6, 6.07) is 1.89. The topological polar surface area (TPSA) is 55.3 Å². The molecule has 2 heterocycles. The molecule has 1 aromatic rings. The van der Waals surface area contributed by atoms with Gasteiger partial charge in [0.15, 0.2) is 5.16 Å². The van der Waals surface area contributed by atoms with Gasteiger partial charge in [-0.25, -0.2) is 14.8 Å². The Labute approximate surface area is 140 Å². The minimum atomic E-state index is -0.468. The van der Waals surface area contributed by atoms with Gasteiger partial charge in [-0.05, 0) is 46.6 Å². The van der Waals surface area contributed by atoms with E-state index < -0.39 is 5.60 Å². The maximum atomic E-state index is 12.2. The third-order valence-electron chi connectivity index (χ3n) is 3.21. The highest BCUT2D eigenvalue weighted by Gasteiger charge is 2.32. The first kappa shape index (κ1) is 17.3. The number of hydrogen-bond acceptors (Lipinski definition) is 5. The molecule has 1 atom stereocenters. The van der Waals surface area contributed by atoms with Gasteiger partial charge >= 0.3 is 6.09 Å². The lowest BCUT2D eigenvalue weighted by Gasteiger charge is -2.28. The molecule has 2 rings (SSSR count). The van der Waals surface area contributed by atoms with E-state index in [1.54, 1.807) is 6.07 Å². The van der Waals surface area contributed by atoms with E-state index in [9.17, 15) is 4.79 Å². The number of nitrogens with zero attached hydrogens (tertiary/aromatic N) is 3. The van der Waals surface area contributed by atoms with E-state index in [0.717, 1.165) is 30.8 Å². The Hall–Kier alpha value is -1.01. The van der Waals surface area contributed by atoms with Gasteiger partial charge in [0.25, 0.3) is 0 Å². The summed E-state index contributed by atoms with van der Waals surface area (Å²) in [4.78, 5) is 22.6. The largest absolute Gasteiger partial charge is 0.444 e. The number of carbonyl (C=O) groups excluding carboxylic acids is 1. The minimum Gasteiger partial charge on any atom is -0.444 e. The van der Waals surface area contributed by atoms with Gasteiger partial charge < -0.3 is 9.64 Å². The predicted molar refractivity (Wildman–Crippen MR) is 88.5 cm³/mol. The molecule has 0 aromatic carbocycles. The SMILES string of the molecule is Cc1cc(Cl)nc(SC[C@@H]2CCCN2C(=O)OC(C)(C)C)n1. The maximum Gasteiger partial charge on any atom is 0.410 e. The second-order valence-corrected chi connectivity index (χ2v) is 7.77. The van der Waals surface area contributed by atoms with Gasteiger partial charge in [-0.1, -0.05) is 23.4 Å². The fourth-order valence-electron chi connectivity index (χ4n) is 2.31. The molecule has 1 aliphatic rings. The Morgan fingerprint density at radius 2 is 2.23 bits per heavy atom. The quantitative estimate of drug-likeness (QED) is 0.473. The summed E-state index contributed by atoms with van der Waals surface area (Å²) < 4.78 is 5.47. The number of carbonyl (C=O) groups is 1. The summed E-state index contributed by atoms with van der Waals surface area (Å²) in [7, 11) is 0. The van der Waals surface area contributed by atoms with Crippen molar-refractivity contribution in [1.82, 2.24) is 14.9 Å². The number of halogens is 1. The van der Waals surface area contributed by atoms with Crippen LogP contribution in [-0.4, -0.2) is 44.9 Å². The summed E-state index contributed by atoms with van der Waals surface area (Å²) in [6.07, 6.45) is 1.74. The van der Waals surface area contributed by atoms with Crippen LogP contribution in [0.2, 0.25) is 5.15 Å². The number of aryl methyl sites for hydroxylation is 1. The van der Waals surface area contributed by atoms with E-state index in [2.05, 4.69) is 9.97 Å². The van der Waals surface area contributed by atoms with Crippen molar-refractivity contribution in [2.45, 2.75) is 57.3 Å². The Morgan fingerprint density at radius 3 is 2.86 bits per heavy atom. The number of thioether (sulfide) groups is 1. The number of ether oxygens (including phenoxy) is 1. The summed E-state index contributed by atoms with van der Waals surface area (Å²) in [5, 5.41) is 1.10. The maximum absolute atomic E-state index is 12.2. The molecule has 22 heavy (non-hydrogen) atoms. The molecule has 0 unspecified atom stereocenters. The van der Waals surface area contributed by atoms with Crippen molar-refractivity contribution in [2.75, 3.05) is 12.3 Å². The van der Waals surface area contributed by atoms with Gasteiger partial charge in [-0.2, -0.15) is 0 Å². The molecule has 1 amide bonds. The second-order valence-electron chi connectivity index (χ2n) is 6.40. The van der Waals surface area contributed by atoms with Gasteiger partial charge in [0.1, 0.15) is 10.8 Å². The van der Waals surface area contributed by atoms with Crippen molar-refractivity contribution in [3.05, 3.63) is 16.9 Å². The normalized spacial score (nSPS) is 18.6.